The maximum atomic E-state index is 12.5. The zero-order valence-electron chi connectivity index (χ0n) is 11.7. The second-order valence-corrected chi connectivity index (χ2v) is 6.28. The van der Waals surface area contributed by atoms with Gasteiger partial charge in [-0.15, -0.1) is 0 Å². The number of benzene rings is 1. The highest BCUT2D eigenvalue weighted by molar-refractivity contribution is 5.97. The Morgan fingerprint density at radius 2 is 1.91 bits per heavy atom. The summed E-state index contributed by atoms with van der Waals surface area (Å²) in [6.07, 6.45) is 1.66. The van der Waals surface area contributed by atoms with Crippen molar-refractivity contribution in [3.05, 3.63) is 29.8 Å². The summed E-state index contributed by atoms with van der Waals surface area (Å²) in [5.41, 5.74) is 0.570. The van der Waals surface area contributed by atoms with Crippen LogP contribution in [0.1, 0.15) is 23.2 Å². The molecular formula is C16H14NO5-. The number of hydrogen-bond acceptors (Lipinski definition) is 5. The summed E-state index contributed by atoms with van der Waals surface area (Å²) in [6, 6.07) is 5.80. The van der Waals surface area contributed by atoms with Crippen LogP contribution in [0.2, 0.25) is 0 Å². The molecule has 1 N–H and O–H groups in total. The van der Waals surface area contributed by atoms with E-state index in [1.807, 2.05) is 0 Å². The number of carboxylic acid groups (broad SMARTS) is 1. The van der Waals surface area contributed by atoms with Crippen LogP contribution in [0.5, 0.6) is 0 Å². The average Bonchev–Trinajstić information content (AvgIpc) is 3.09. The number of carbonyl (C=O) groups is 3. The first-order valence-corrected chi connectivity index (χ1v) is 7.37. The van der Waals surface area contributed by atoms with Crippen molar-refractivity contribution in [3.63, 3.8) is 0 Å². The highest BCUT2D eigenvalue weighted by Crippen LogP contribution is 2.57. The fourth-order valence-corrected chi connectivity index (χ4v) is 4.28. The summed E-state index contributed by atoms with van der Waals surface area (Å²) in [5.74, 6) is -1.95. The molecule has 2 aliphatic carbocycles. The molecule has 3 fully saturated rings. The first-order valence-electron chi connectivity index (χ1n) is 7.37. The Morgan fingerprint density at radius 1 is 1.18 bits per heavy atom. The van der Waals surface area contributed by atoms with Crippen LogP contribution in [0.25, 0.3) is 0 Å². The number of aromatic carboxylic acids is 1. The van der Waals surface area contributed by atoms with E-state index >= 15 is 0 Å². The molecule has 1 aliphatic heterocycles. The lowest BCUT2D eigenvalue weighted by Gasteiger charge is -2.23. The first-order chi connectivity index (χ1) is 10.5. The number of carboxylic acids is 1. The lowest BCUT2D eigenvalue weighted by atomic mass is 9.79. The van der Waals surface area contributed by atoms with Crippen molar-refractivity contribution < 1.29 is 24.2 Å². The molecule has 1 heterocycles. The largest absolute Gasteiger partial charge is 0.545 e. The second kappa shape index (κ2) is 4.56. The molecule has 22 heavy (non-hydrogen) atoms. The second-order valence-electron chi connectivity index (χ2n) is 6.28. The van der Waals surface area contributed by atoms with Gasteiger partial charge in [0.1, 0.15) is 6.10 Å². The number of carbonyl (C=O) groups excluding carboxylic acids is 3. The van der Waals surface area contributed by atoms with Gasteiger partial charge >= 0.3 is 5.97 Å². The number of fused-ring (bicyclic) bond motifs is 1. The average molecular weight is 300 g/mol. The van der Waals surface area contributed by atoms with Gasteiger partial charge in [0, 0.05) is 11.6 Å². The van der Waals surface area contributed by atoms with E-state index in [9.17, 15) is 19.5 Å². The van der Waals surface area contributed by atoms with Gasteiger partial charge in [-0.1, -0.05) is 12.1 Å². The summed E-state index contributed by atoms with van der Waals surface area (Å²) in [6.45, 7) is 0. The molecule has 6 nitrogen and oxygen atoms in total. The Bertz CT molecular complexity index is 666. The maximum absolute atomic E-state index is 12.5. The van der Waals surface area contributed by atoms with Crippen molar-refractivity contribution in [1.29, 1.82) is 0 Å². The SMILES string of the molecule is O=C([O-])c1ccc(NC(=O)[C@@H]2[C@@H]3C[C@H]4[C@@H]2C(=O)O[C@@H]4C3)cc1. The molecule has 1 aromatic rings. The first kappa shape index (κ1) is 13.3. The molecule has 1 saturated heterocycles. The number of nitrogens with one attached hydrogen (secondary N) is 1. The third-order valence-electron chi connectivity index (χ3n) is 5.17. The van der Waals surface area contributed by atoms with Crippen LogP contribution in [0, 0.1) is 23.7 Å². The number of rotatable bonds is 3. The van der Waals surface area contributed by atoms with Gasteiger partial charge < -0.3 is 20.0 Å². The van der Waals surface area contributed by atoms with E-state index in [-0.39, 0.29) is 47.2 Å². The molecule has 0 unspecified atom stereocenters. The standard InChI is InChI=1S/C16H15NO5/c18-14(17-9-3-1-7(2-4-9)15(19)20)12-8-5-10-11(6-8)22-16(21)13(10)12/h1-4,8,10-13H,5-6H2,(H,17,18)(H,19,20)/p-1/t8-,10-,11-,12-,13+/m1/s1. The van der Waals surface area contributed by atoms with Crippen molar-refractivity contribution in [3.8, 4) is 0 Å². The molecular weight excluding hydrogens is 286 g/mol. The molecule has 114 valence electrons. The van der Waals surface area contributed by atoms with Crippen LogP contribution in [-0.4, -0.2) is 23.9 Å². The maximum Gasteiger partial charge on any atom is 0.310 e. The minimum Gasteiger partial charge on any atom is -0.545 e. The van der Waals surface area contributed by atoms with E-state index in [4.69, 9.17) is 4.74 Å². The Balaban J connectivity index is 1.51. The van der Waals surface area contributed by atoms with E-state index in [0.717, 1.165) is 12.8 Å². The normalized spacial score (nSPS) is 34.5. The lowest BCUT2D eigenvalue weighted by molar-refractivity contribution is -0.255. The van der Waals surface area contributed by atoms with E-state index in [1.165, 1.54) is 24.3 Å². The zero-order valence-corrected chi connectivity index (χ0v) is 11.7. The lowest BCUT2D eigenvalue weighted by Crippen LogP contribution is -2.35. The quantitative estimate of drug-likeness (QED) is 0.804. The molecule has 2 saturated carbocycles. The van der Waals surface area contributed by atoms with Crippen LogP contribution in [0.15, 0.2) is 24.3 Å². The minimum absolute atomic E-state index is 0.00824. The fraction of sp³-hybridized carbons (Fsp3) is 0.438. The highest BCUT2D eigenvalue weighted by Gasteiger charge is 2.63. The van der Waals surface area contributed by atoms with Crippen LogP contribution >= 0.6 is 0 Å². The van der Waals surface area contributed by atoms with E-state index in [1.54, 1.807) is 0 Å². The minimum atomic E-state index is -1.26. The Labute approximate surface area is 126 Å². The van der Waals surface area contributed by atoms with Crippen molar-refractivity contribution in [2.75, 3.05) is 5.32 Å². The molecule has 5 atom stereocenters. The Morgan fingerprint density at radius 3 is 2.59 bits per heavy atom. The molecule has 0 spiro atoms. The number of esters is 1. The third kappa shape index (κ3) is 1.83. The fourth-order valence-electron chi connectivity index (χ4n) is 4.28. The Kier molecular flexibility index (Phi) is 2.76. The Hall–Kier alpha value is -2.37. The van der Waals surface area contributed by atoms with Gasteiger partial charge in [-0.25, -0.2) is 0 Å². The predicted octanol–water partition coefficient (Wildman–Crippen LogP) is 0.186. The molecule has 1 amide bonds. The van der Waals surface area contributed by atoms with Crippen molar-refractivity contribution in [2.45, 2.75) is 18.9 Å². The number of ether oxygens (including phenoxy) is 1. The number of hydrogen-bond donors (Lipinski definition) is 1. The smallest absolute Gasteiger partial charge is 0.310 e. The third-order valence-corrected chi connectivity index (χ3v) is 5.17. The van der Waals surface area contributed by atoms with Crippen molar-refractivity contribution in [1.82, 2.24) is 0 Å². The van der Waals surface area contributed by atoms with Gasteiger partial charge in [0.05, 0.1) is 17.8 Å². The number of anilines is 1. The summed E-state index contributed by atoms with van der Waals surface area (Å²) in [7, 11) is 0. The zero-order chi connectivity index (χ0) is 15.4. The molecule has 0 aromatic heterocycles. The molecule has 6 heteroatoms. The summed E-state index contributed by atoms with van der Waals surface area (Å²) < 4.78 is 5.32. The molecule has 3 aliphatic rings. The monoisotopic (exact) mass is 300 g/mol. The topological polar surface area (TPSA) is 95.5 Å². The van der Waals surface area contributed by atoms with E-state index in [0.29, 0.717) is 5.69 Å². The van der Waals surface area contributed by atoms with E-state index < -0.39 is 5.97 Å². The van der Waals surface area contributed by atoms with Crippen LogP contribution in [-0.2, 0) is 14.3 Å². The van der Waals surface area contributed by atoms with Gasteiger partial charge in [0.15, 0.2) is 0 Å². The van der Waals surface area contributed by atoms with Crippen molar-refractivity contribution in [2.24, 2.45) is 23.7 Å². The van der Waals surface area contributed by atoms with E-state index in [2.05, 4.69) is 5.32 Å². The van der Waals surface area contributed by atoms with Crippen LogP contribution in [0.4, 0.5) is 5.69 Å². The van der Waals surface area contributed by atoms with Gasteiger partial charge in [-0.05, 0) is 36.5 Å². The summed E-state index contributed by atoms with van der Waals surface area (Å²) in [4.78, 5) is 35.1. The van der Waals surface area contributed by atoms with Gasteiger partial charge in [-0.3, -0.25) is 9.59 Å². The van der Waals surface area contributed by atoms with Gasteiger partial charge in [0.2, 0.25) is 5.91 Å². The molecule has 1 aromatic carbocycles. The molecule has 0 radical (unpaired) electrons. The van der Waals surface area contributed by atoms with Crippen molar-refractivity contribution >= 4 is 23.5 Å². The molecule has 2 bridgehead atoms. The number of amides is 1. The highest BCUT2D eigenvalue weighted by atomic mass is 16.6. The van der Waals surface area contributed by atoms with Crippen LogP contribution in [0.3, 0.4) is 0 Å². The predicted molar refractivity (Wildman–Crippen MR) is 72.5 cm³/mol. The summed E-state index contributed by atoms with van der Waals surface area (Å²) in [5, 5.41) is 13.5. The molecule has 4 rings (SSSR count). The van der Waals surface area contributed by atoms with Gasteiger partial charge in [-0.2, -0.15) is 0 Å². The van der Waals surface area contributed by atoms with Gasteiger partial charge in [0.25, 0.3) is 0 Å². The van der Waals surface area contributed by atoms with Crippen LogP contribution < -0.4 is 10.4 Å². The summed E-state index contributed by atoms with van der Waals surface area (Å²) >= 11 is 0.